The Hall–Kier alpha value is -2.15. The third-order valence-electron chi connectivity index (χ3n) is 2.93. The van der Waals surface area contributed by atoms with E-state index in [1.54, 1.807) is 0 Å². The SMILES string of the molecule is O=C(NC1(C(=O)O)CC1)c1cccc([N+](=O)[O-])c1Cl. The number of nitrogens with zero attached hydrogens (tertiary/aromatic N) is 1. The normalized spacial score (nSPS) is 15.6. The number of nitro benzene ring substituents is 1. The Kier molecular flexibility index (Phi) is 3.15. The van der Waals surface area contributed by atoms with Crippen LogP contribution in [0.5, 0.6) is 0 Å². The third kappa shape index (κ3) is 2.37. The Labute approximate surface area is 112 Å². The fraction of sp³-hybridized carbons (Fsp3) is 0.273. The highest BCUT2D eigenvalue weighted by molar-refractivity contribution is 6.35. The minimum absolute atomic E-state index is 0.108. The zero-order valence-electron chi connectivity index (χ0n) is 9.55. The Balaban J connectivity index is 2.28. The van der Waals surface area contributed by atoms with Gasteiger partial charge in [0.05, 0.1) is 10.5 Å². The molecule has 1 aliphatic carbocycles. The number of hydrogen-bond acceptors (Lipinski definition) is 4. The van der Waals surface area contributed by atoms with Crippen molar-refractivity contribution in [2.45, 2.75) is 18.4 Å². The molecule has 1 saturated carbocycles. The lowest BCUT2D eigenvalue weighted by Crippen LogP contribution is -2.43. The van der Waals surface area contributed by atoms with E-state index in [1.807, 2.05) is 0 Å². The Morgan fingerprint density at radius 2 is 2.05 bits per heavy atom. The van der Waals surface area contributed by atoms with Crippen molar-refractivity contribution in [1.82, 2.24) is 5.32 Å². The monoisotopic (exact) mass is 284 g/mol. The highest BCUT2D eigenvalue weighted by Crippen LogP contribution is 2.36. The molecular formula is C11H9ClN2O5. The summed E-state index contributed by atoms with van der Waals surface area (Å²) in [5.74, 6) is -1.85. The topological polar surface area (TPSA) is 110 Å². The van der Waals surface area contributed by atoms with Gasteiger partial charge in [-0.1, -0.05) is 17.7 Å². The van der Waals surface area contributed by atoms with Crippen LogP contribution in [0, 0.1) is 10.1 Å². The van der Waals surface area contributed by atoms with Crippen LogP contribution in [0.3, 0.4) is 0 Å². The first-order valence-electron chi connectivity index (χ1n) is 5.36. The number of carboxylic acids is 1. The molecule has 1 amide bonds. The van der Waals surface area contributed by atoms with Gasteiger partial charge >= 0.3 is 5.97 Å². The number of hydrogen-bond donors (Lipinski definition) is 2. The van der Waals surface area contributed by atoms with Crippen LogP contribution in [0.15, 0.2) is 18.2 Å². The van der Waals surface area contributed by atoms with E-state index in [0.717, 1.165) is 0 Å². The lowest BCUT2D eigenvalue weighted by Gasteiger charge is -2.12. The molecule has 0 aliphatic heterocycles. The van der Waals surface area contributed by atoms with Gasteiger partial charge in [-0.05, 0) is 18.9 Å². The van der Waals surface area contributed by atoms with E-state index in [-0.39, 0.29) is 10.6 Å². The van der Waals surface area contributed by atoms with Crippen LogP contribution in [-0.2, 0) is 4.79 Å². The van der Waals surface area contributed by atoms with Gasteiger partial charge in [0.15, 0.2) is 0 Å². The molecule has 0 unspecified atom stereocenters. The number of nitrogens with one attached hydrogen (secondary N) is 1. The Morgan fingerprint density at radius 3 is 2.53 bits per heavy atom. The van der Waals surface area contributed by atoms with Crippen LogP contribution in [0.2, 0.25) is 5.02 Å². The highest BCUT2D eigenvalue weighted by atomic mass is 35.5. The molecule has 0 saturated heterocycles. The van der Waals surface area contributed by atoms with Crippen molar-refractivity contribution in [3.05, 3.63) is 38.9 Å². The molecule has 19 heavy (non-hydrogen) atoms. The summed E-state index contributed by atoms with van der Waals surface area (Å²) in [6, 6.07) is 3.80. The van der Waals surface area contributed by atoms with Crippen molar-refractivity contribution < 1.29 is 19.6 Å². The van der Waals surface area contributed by atoms with Crippen LogP contribution in [0.25, 0.3) is 0 Å². The lowest BCUT2D eigenvalue weighted by atomic mass is 10.1. The number of rotatable bonds is 4. The molecule has 0 atom stereocenters. The summed E-state index contributed by atoms with van der Waals surface area (Å²) in [7, 11) is 0. The molecule has 0 heterocycles. The molecule has 0 spiro atoms. The lowest BCUT2D eigenvalue weighted by molar-refractivity contribution is -0.384. The fourth-order valence-electron chi connectivity index (χ4n) is 1.64. The van der Waals surface area contributed by atoms with E-state index in [0.29, 0.717) is 12.8 Å². The average Bonchev–Trinajstić information content (AvgIpc) is 3.09. The van der Waals surface area contributed by atoms with Gasteiger partial charge in [-0.2, -0.15) is 0 Å². The molecule has 8 heteroatoms. The second-order valence-corrected chi connectivity index (χ2v) is 4.62. The number of carbonyl (C=O) groups excluding carboxylic acids is 1. The first-order chi connectivity index (χ1) is 8.87. The molecule has 0 bridgehead atoms. The number of nitro groups is 1. The van der Waals surface area contributed by atoms with Crippen molar-refractivity contribution in [2.24, 2.45) is 0 Å². The second kappa shape index (κ2) is 4.51. The largest absolute Gasteiger partial charge is 0.480 e. The summed E-state index contributed by atoms with van der Waals surface area (Å²) < 4.78 is 0. The Bertz CT molecular complexity index is 582. The molecule has 1 aromatic carbocycles. The van der Waals surface area contributed by atoms with Crippen molar-refractivity contribution in [3.63, 3.8) is 0 Å². The smallest absolute Gasteiger partial charge is 0.329 e. The maximum Gasteiger partial charge on any atom is 0.329 e. The predicted octanol–water partition coefficient (Wildman–Crippen LogP) is 1.60. The maximum absolute atomic E-state index is 11.9. The summed E-state index contributed by atoms with van der Waals surface area (Å²) in [5, 5.41) is 21.7. The van der Waals surface area contributed by atoms with Gasteiger partial charge in [-0.25, -0.2) is 4.79 Å². The molecule has 1 fully saturated rings. The summed E-state index contributed by atoms with van der Waals surface area (Å²) in [6.45, 7) is 0. The van der Waals surface area contributed by atoms with Crippen LogP contribution in [0.1, 0.15) is 23.2 Å². The summed E-state index contributed by atoms with van der Waals surface area (Å²) >= 11 is 5.78. The molecule has 0 radical (unpaired) electrons. The van der Waals surface area contributed by atoms with Crippen molar-refractivity contribution in [1.29, 1.82) is 0 Å². The van der Waals surface area contributed by atoms with E-state index in [9.17, 15) is 19.7 Å². The zero-order chi connectivity index (χ0) is 14.2. The molecule has 1 aliphatic rings. The average molecular weight is 285 g/mol. The minimum Gasteiger partial charge on any atom is -0.480 e. The van der Waals surface area contributed by atoms with Crippen molar-refractivity contribution >= 4 is 29.2 Å². The number of amides is 1. The van der Waals surface area contributed by atoms with Gasteiger partial charge in [-0.15, -0.1) is 0 Å². The second-order valence-electron chi connectivity index (χ2n) is 4.24. The molecule has 7 nitrogen and oxygen atoms in total. The van der Waals surface area contributed by atoms with Crippen molar-refractivity contribution in [3.8, 4) is 0 Å². The third-order valence-corrected chi connectivity index (χ3v) is 3.33. The number of benzene rings is 1. The van der Waals surface area contributed by atoms with Gasteiger partial charge in [0, 0.05) is 6.07 Å². The number of carboxylic acid groups (broad SMARTS) is 1. The molecule has 2 N–H and O–H groups in total. The van der Waals surface area contributed by atoms with E-state index in [4.69, 9.17) is 16.7 Å². The summed E-state index contributed by atoms with van der Waals surface area (Å²) in [5.41, 5.74) is -1.76. The van der Waals surface area contributed by atoms with Crippen molar-refractivity contribution in [2.75, 3.05) is 0 Å². The van der Waals surface area contributed by atoms with Crippen LogP contribution in [0.4, 0.5) is 5.69 Å². The molecule has 0 aromatic heterocycles. The first kappa shape index (κ1) is 13.3. The molecule has 1 aromatic rings. The van der Waals surface area contributed by atoms with Gasteiger partial charge < -0.3 is 10.4 Å². The van der Waals surface area contributed by atoms with Gasteiger partial charge in [0.1, 0.15) is 10.6 Å². The van der Waals surface area contributed by atoms with Crippen LogP contribution in [-0.4, -0.2) is 27.4 Å². The number of halogens is 1. The molecule has 100 valence electrons. The standard InChI is InChI=1S/C11H9ClN2O5/c12-8-6(2-1-3-7(8)14(18)19)9(15)13-11(4-5-11)10(16)17/h1-3H,4-5H2,(H,13,15)(H,16,17). The zero-order valence-corrected chi connectivity index (χ0v) is 10.3. The van der Waals surface area contributed by atoms with Crippen LogP contribution >= 0.6 is 11.6 Å². The molecular weight excluding hydrogens is 276 g/mol. The van der Waals surface area contributed by atoms with E-state index >= 15 is 0 Å². The predicted molar refractivity (Wildman–Crippen MR) is 65.2 cm³/mol. The quantitative estimate of drug-likeness (QED) is 0.644. The molecule has 2 rings (SSSR count). The Morgan fingerprint density at radius 1 is 1.42 bits per heavy atom. The van der Waals surface area contributed by atoms with Gasteiger partial charge in [0.25, 0.3) is 11.6 Å². The number of carbonyl (C=O) groups is 2. The van der Waals surface area contributed by atoms with E-state index in [2.05, 4.69) is 5.32 Å². The fourth-order valence-corrected chi connectivity index (χ4v) is 1.92. The van der Waals surface area contributed by atoms with E-state index < -0.39 is 28.0 Å². The number of aliphatic carboxylic acids is 1. The highest BCUT2D eigenvalue weighted by Gasteiger charge is 2.51. The minimum atomic E-state index is -1.26. The maximum atomic E-state index is 11.9. The van der Waals surface area contributed by atoms with E-state index in [1.165, 1.54) is 18.2 Å². The van der Waals surface area contributed by atoms with Crippen LogP contribution < -0.4 is 5.32 Å². The van der Waals surface area contributed by atoms with Gasteiger partial charge in [-0.3, -0.25) is 14.9 Å². The first-order valence-corrected chi connectivity index (χ1v) is 5.74. The summed E-state index contributed by atoms with van der Waals surface area (Å²) in [6.07, 6.45) is 0.668. The summed E-state index contributed by atoms with van der Waals surface area (Å²) in [4.78, 5) is 32.9. The van der Waals surface area contributed by atoms with Gasteiger partial charge in [0.2, 0.25) is 0 Å².